The van der Waals surface area contributed by atoms with Crippen molar-refractivity contribution in [1.29, 1.82) is 0 Å². The minimum Gasteiger partial charge on any atom is -0.459 e. The molecule has 0 aliphatic heterocycles. The Kier molecular flexibility index (Phi) is 11.3. The van der Waals surface area contributed by atoms with Gasteiger partial charge >= 0.3 is 23.7 Å². The van der Waals surface area contributed by atoms with E-state index >= 15 is 0 Å². The van der Waals surface area contributed by atoms with Gasteiger partial charge in [0.25, 0.3) is 0 Å². The lowest BCUT2D eigenvalue weighted by atomic mass is 10.1. The zero-order chi connectivity index (χ0) is 32.3. The molecule has 15 heteroatoms. The molecule has 2 amide bonds. The second kappa shape index (κ2) is 15.5. The average Bonchev–Trinajstić information content (AvgIpc) is 3.48. The van der Waals surface area contributed by atoms with Crippen LogP contribution in [0.15, 0.2) is 65.3 Å². The molecule has 232 valence electrons. The highest BCUT2D eigenvalue weighted by Crippen LogP contribution is 2.20. The molecule has 0 aliphatic carbocycles. The van der Waals surface area contributed by atoms with E-state index in [2.05, 4.69) is 30.3 Å². The molecule has 3 aromatic heterocycles. The number of aromatic nitrogens is 4. The lowest BCUT2D eigenvalue weighted by Crippen LogP contribution is -2.46. The van der Waals surface area contributed by atoms with Crippen LogP contribution in [-0.4, -0.2) is 57.1 Å². The number of nitrogens with zero attached hydrogens (tertiary/aromatic N) is 4. The van der Waals surface area contributed by atoms with Crippen molar-refractivity contribution in [3.63, 3.8) is 0 Å². The molecule has 0 spiro atoms. The molecule has 0 atom stereocenters. The van der Waals surface area contributed by atoms with Crippen molar-refractivity contribution in [2.45, 2.75) is 26.7 Å². The molecule has 3 heterocycles. The van der Waals surface area contributed by atoms with E-state index in [1.54, 1.807) is 50.5 Å². The number of esters is 2. The highest BCUT2D eigenvalue weighted by Gasteiger charge is 2.17. The van der Waals surface area contributed by atoms with Crippen LogP contribution < -0.4 is 10.9 Å². The summed E-state index contributed by atoms with van der Waals surface area (Å²) in [5.74, 6) is -2.97. The number of carbonyl (C=O) groups is 4. The summed E-state index contributed by atoms with van der Waals surface area (Å²) in [5, 5.41) is 10.3. The van der Waals surface area contributed by atoms with Gasteiger partial charge in [-0.2, -0.15) is 0 Å². The molecule has 0 fully saturated rings. The smallest absolute Gasteiger partial charge is 0.398 e. The lowest BCUT2D eigenvalue weighted by Gasteiger charge is -2.07. The molecule has 5 aromatic rings. The van der Waals surface area contributed by atoms with Gasteiger partial charge in [-0.15, -0.1) is 10.2 Å². The average molecular weight is 653 g/mol. The zero-order valence-electron chi connectivity index (χ0n) is 24.0. The van der Waals surface area contributed by atoms with Gasteiger partial charge in [-0.3, -0.25) is 30.4 Å². The predicted octanol–water partition coefficient (Wildman–Crippen LogP) is 4.18. The number of amides is 2. The number of carbonyl (C=O) groups excluding carboxylic acids is 4. The van der Waals surface area contributed by atoms with E-state index in [4.69, 9.17) is 32.4 Å². The minimum absolute atomic E-state index is 0.0194. The van der Waals surface area contributed by atoms with Gasteiger partial charge in [-0.05, 0) is 61.4 Å². The first-order valence-corrected chi connectivity index (χ1v) is 14.2. The van der Waals surface area contributed by atoms with Crippen LogP contribution in [0.2, 0.25) is 10.0 Å². The molecule has 0 bridgehead atoms. The van der Waals surface area contributed by atoms with Crippen LogP contribution in [0.1, 0.15) is 41.6 Å². The summed E-state index contributed by atoms with van der Waals surface area (Å²) in [4.78, 5) is 54.0. The van der Waals surface area contributed by atoms with Gasteiger partial charge in [-0.25, -0.2) is 9.59 Å². The number of hydrazine groups is 1. The third kappa shape index (κ3) is 9.42. The Balaban J connectivity index is 0.000000205. The first-order valence-electron chi connectivity index (χ1n) is 13.5. The quantitative estimate of drug-likeness (QED) is 0.146. The van der Waals surface area contributed by atoms with Crippen molar-refractivity contribution in [2.24, 2.45) is 0 Å². The number of benzene rings is 2. The number of rotatable bonds is 7. The number of halogens is 2. The molecule has 0 unspecified atom stereocenters. The van der Waals surface area contributed by atoms with Gasteiger partial charge in [0.2, 0.25) is 11.8 Å². The standard InChI is InChI=1S/C15H14ClN3O4.C15H12ClN3O3/c1-2-23-15(22)14(21)19-18-13(20)6-9-3-4-12-10(5-9)7-11(16)8-17-12;1-2-21-15(20)14-19-18-13(22-14)6-9-3-4-12-10(5-9)7-11(16)8-17-12/h3-5,7-8H,2,6H2,1H3,(H,18,20)(H,19,21);3-5,7-8H,2,6H2,1H3. The van der Waals surface area contributed by atoms with Crippen LogP contribution in [0.25, 0.3) is 21.8 Å². The first-order chi connectivity index (χ1) is 21.6. The number of pyridine rings is 2. The van der Waals surface area contributed by atoms with Crippen molar-refractivity contribution in [1.82, 2.24) is 31.0 Å². The Morgan fingerprint density at radius 1 is 0.778 bits per heavy atom. The van der Waals surface area contributed by atoms with E-state index in [9.17, 15) is 19.2 Å². The molecule has 0 saturated carbocycles. The second-order valence-electron chi connectivity index (χ2n) is 9.16. The van der Waals surface area contributed by atoms with Crippen molar-refractivity contribution >= 4 is 68.8 Å². The van der Waals surface area contributed by atoms with Gasteiger partial charge < -0.3 is 13.9 Å². The normalized spacial score (nSPS) is 10.5. The van der Waals surface area contributed by atoms with Crippen LogP contribution in [0, 0.1) is 0 Å². The third-order valence-electron chi connectivity index (χ3n) is 5.84. The van der Waals surface area contributed by atoms with E-state index in [1.165, 1.54) is 0 Å². The largest absolute Gasteiger partial charge is 0.459 e. The van der Waals surface area contributed by atoms with Crippen molar-refractivity contribution in [2.75, 3.05) is 13.2 Å². The molecule has 0 aliphatic rings. The molecule has 13 nitrogen and oxygen atoms in total. The Morgan fingerprint density at radius 3 is 2.00 bits per heavy atom. The summed E-state index contributed by atoms with van der Waals surface area (Å²) in [5.41, 5.74) is 7.41. The fourth-order valence-electron chi connectivity index (χ4n) is 3.91. The Hall–Kier alpha value is -5.14. The molecular weight excluding hydrogens is 627 g/mol. The molecule has 2 aromatic carbocycles. The molecule has 45 heavy (non-hydrogen) atoms. The Bertz CT molecular complexity index is 1860. The molecule has 0 radical (unpaired) electrons. The number of hydrogen-bond acceptors (Lipinski definition) is 11. The number of fused-ring (bicyclic) bond motifs is 2. The summed E-state index contributed by atoms with van der Waals surface area (Å²) >= 11 is 11.8. The molecule has 5 rings (SSSR count). The maximum atomic E-state index is 11.8. The molecule has 2 N–H and O–H groups in total. The topological polar surface area (TPSA) is 175 Å². The van der Waals surface area contributed by atoms with E-state index in [0.717, 1.165) is 27.4 Å². The van der Waals surface area contributed by atoms with E-state index in [-0.39, 0.29) is 25.5 Å². The second-order valence-corrected chi connectivity index (χ2v) is 10.0. The van der Waals surface area contributed by atoms with Gasteiger partial charge in [-0.1, -0.05) is 35.3 Å². The van der Waals surface area contributed by atoms with Crippen LogP contribution in [0.3, 0.4) is 0 Å². The van der Waals surface area contributed by atoms with Crippen molar-refractivity contribution in [3.8, 4) is 0 Å². The lowest BCUT2D eigenvalue weighted by molar-refractivity contribution is -0.155. The zero-order valence-corrected chi connectivity index (χ0v) is 25.5. The number of ether oxygens (including phenoxy) is 2. The minimum atomic E-state index is -1.06. The van der Waals surface area contributed by atoms with Crippen LogP contribution in [0.5, 0.6) is 0 Å². The van der Waals surface area contributed by atoms with E-state index < -0.39 is 23.8 Å². The number of nitrogens with one attached hydrogen (secondary N) is 2. The maximum Gasteiger partial charge on any atom is 0.398 e. The fraction of sp³-hybridized carbons (Fsp3) is 0.200. The third-order valence-corrected chi connectivity index (χ3v) is 6.25. The maximum absolute atomic E-state index is 11.8. The highest BCUT2D eigenvalue weighted by atomic mass is 35.5. The monoisotopic (exact) mass is 652 g/mol. The molecular formula is C30H26Cl2N6O7. The Morgan fingerprint density at radius 2 is 1.38 bits per heavy atom. The number of hydrogen-bond donors (Lipinski definition) is 2. The molecule has 0 saturated heterocycles. The van der Waals surface area contributed by atoms with Crippen LogP contribution in [-0.2, 0) is 36.7 Å². The van der Waals surface area contributed by atoms with Gasteiger partial charge in [0.15, 0.2) is 0 Å². The fourth-order valence-corrected chi connectivity index (χ4v) is 4.24. The summed E-state index contributed by atoms with van der Waals surface area (Å²) in [6.45, 7) is 3.62. The van der Waals surface area contributed by atoms with Crippen LogP contribution in [0.4, 0.5) is 0 Å². The predicted molar refractivity (Wildman–Crippen MR) is 163 cm³/mol. The summed E-state index contributed by atoms with van der Waals surface area (Å²) in [6, 6.07) is 14.6. The summed E-state index contributed by atoms with van der Waals surface area (Å²) in [6.07, 6.45) is 3.58. The van der Waals surface area contributed by atoms with Crippen molar-refractivity contribution < 1.29 is 33.1 Å². The first kappa shape index (κ1) is 32.8. The SMILES string of the molecule is CCOC(=O)C(=O)NNC(=O)Cc1ccc2ncc(Cl)cc2c1.CCOC(=O)c1nnc(Cc2ccc3ncc(Cl)cc3c2)o1. The van der Waals surface area contributed by atoms with E-state index in [1.807, 2.05) is 29.7 Å². The van der Waals surface area contributed by atoms with Gasteiger partial charge in [0, 0.05) is 23.2 Å². The van der Waals surface area contributed by atoms with Gasteiger partial charge in [0.05, 0.1) is 47.1 Å². The van der Waals surface area contributed by atoms with Crippen LogP contribution >= 0.6 is 23.2 Å². The van der Waals surface area contributed by atoms with E-state index in [0.29, 0.717) is 27.9 Å². The highest BCUT2D eigenvalue weighted by molar-refractivity contribution is 6.32. The summed E-state index contributed by atoms with van der Waals surface area (Å²) in [7, 11) is 0. The van der Waals surface area contributed by atoms with Crippen molar-refractivity contribution in [3.05, 3.63) is 93.9 Å². The van der Waals surface area contributed by atoms with Gasteiger partial charge in [0.1, 0.15) is 0 Å². The summed E-state index contributed by atoms with van der Waals surface area (Å²) < 4.78 is 14.6. The Labute approximate surface area is 266 Å².